The van der Waals surface area contributed by atoms with Crippen LogP contribution in [-0.4, -0.2) is 16.6 Å². The summed E-state index contributed by atoms with van der Waals surface area (Å²) in [7, 11) is 0. The van der Waals surface area contributed by atoms with Gasteiger partial charge in [-0.2, -0.15) is 0 Å². The molecule has 192 valence electrons. The molecule has 5 rings (SSSR count). The molecule has 1 fully saturated rings. The Bertz CT molecular complexity index is 1400. The summed E-state index contributed by atoms with van der Waals surface area (Å²) >= 11 is 0. The van der Waals surface area contributed by atoms with E-state index in [4.69, 9.17) is 4.74 Å². The zero-order valence-corrected chi connectivity index (χ0v) is 21.9. The van der Waals surface area contributed by atoms with E-state index in [9.17, 15) is 9.18 Å². The fourth-order valence-corrected chi connectivity index (χ4v) is 5.48. The van der Waals surface area contributed by atoms with Crippen LogP contribution in [-0.2, 0) is 13.1 Å². The van der Waals surface area contributed by atoms with Crippen LogP contribution in [0.2, 0.25) is 0 Å². The van der Waals surface area contributed by atoms with Crippen LogP contribution in [0, 0.1) is 12.7 Å². The fraction of sp³-hybridized carbons (Fsp3) is 0.344. The smallest absolute Gasteiger partial charge is 0.254 e. The van der Waals surface area contributed by atoms with Crippen LogP contribution >= 0.6 is 0 Å². The third-order valence-electron chi connectivity index (χ3n) is 7.31. The highest BCUT2D eigenvalue weighted by Gasteiger charge is 2.26. The molecule has 5 heteroatoms. The highest BCUT2D eigenvalue weighted by molar-refractivity contribution is 6.09. The SMILES string of the molecule is Cc1cc(CNC(=O)c2c(C(C)C)n(Cc3ccccc3)c3cc(OC4CCCC4)ccc23)ccc1F. The van der Waals surface area contributed by atoms with Gasteiger partial charge in [0, 0.05) is 30.2 Å². The van der Waals surface area contributed by atoms with Gasteiger partial charge in [0.1, 0.15) is 11.6 Å². The minimum Gasteiger partial charge on any atom is -0.490 e. The standard InChI is InChI=1S/C32H35FN2O2/c1-21(2)31-30(32(36)34-19-24-13-16-28(33)22(3)17-24)27-15-14-26(37-25-11-7-8-12-25)18-29(27)35(31)20-23-9-5-4-6-10-23/h4-6,9-10,13-18,21,25H,7-8,11-12,19-20H2,1-3H3,(H,34,36). The average molecular weight is 499 g/mol. The summed E-state index contributed by atoms with van der Waals surface area (Å²) in [4.78, 5) is 13.7. The number of rotatable bonds is 8. The first kappa shape index (κ1) is 25.1. The van der Waals surface area contributed by atoms with E-state index in [-0.39, 0.29) is 23.7 Å². The van der Waals surface area contributed by atoms with Crippen molar-refractivity contribution >= 4 is 16.8 Å². The molecule has 1 aromatic heterocycles. The molecule has 3 aromatic carbocycles. The molecule has 1 aliphatic rings. The van der Waals surface area contributed by atoms with E-state index in [1.807, 2.05) is 30.3 Å². The van der Waals surface area contributed by atoms with Gasteiger partial charge in [-0.05, 0) is 73.4 Å². The Morgan fingerprint density at radius 1 is 1.03 bits per heavy atom. The lowest BCUT2D eigenvalue weighted by molar-refractivity contribution is 0.0951. The van der Waals surface area contributed by atoms with Crippen LogP contribution < -0.4 is 10.1 Å². The normalized spacial score (nSPS) is 14.0. The Kier molecular flexibility index (Phi) is 7.31. The molecule has 0 radical (unpaired) electrons. The third kappa shape index (κ3) is 5.41. The van der Waals surface area contributed by atoms with Gasteiger partial charge in [-0.1, -0.05) is 56.3 Å². The van der Waals surface area contributed by atoms with Gasteiger partial charge in [0.25, 0.3) is 5.91 Å². The van der Waals surface area contributed by atoms with Crippen molar-refractivity contribution in [2.75, 3.05) is 0 Å². The van der Waals surface area contributed by atoms with Crippen LogP contribution in [0.25, 0.3) is 10.9 Å². The lowest BCUT2D eigenvalue weighted by atomic mass is 10.0. The molecule has 0 bridgehead atoms. The Morgan fingerprint density at radius 2 is 1.78 bits per heavy atom. The van der Waals surface area contributed by atoms with Crippen LogP contribution in [0.1, 0.15) is 78.2 Å². The molecule has 0 aliphatic heterocycles. The molecule has 0 saturated heterocycles. The number of hydrogen-bond donors (Lipinski definition) is 1. The van der Waals surface area contributed by atoms with Crippen molar-refractivity contribution in [1.29, 1.82) is 0 Å². The first-order chi connectivity index (χ1) is 17.9. The molecule has 1 N–H and O–H groups in total. The maximum atomic E-state index is 13.7. The van der Waals surface area contributed by atoms with E-state index in [0.29, 0.717) is 24.2 Å². The molecule has 1 aliphatic carbocycles. The maximum Gasteiger partial charge on any atom is 0.254 e. The molecule has 0 spiro atoms. The first-order valence-corrected chi connectivity index (χ1v) is 13.3. The molecule has 4 aromatic rings. The largest absolute Gasteiger partial charge is 0.490 e. The lowest BCUT2D eigenvalue weighted by Crippen LogP contribution is -2.24. The van der Waals surface area contributed by atoms with Crippen molar-refractivity contribution in [3.8, 4) is 5.75 Å². The third-order valence-corrected chi connectivity index (χ3v) is 7.31. The van der Waals surface area contributed by atoms with Gasteiger partial charge < -0.3 is 14.6 Å². The number of fused-ring (bicyclic) bond motifs is 1. The van der Waals surface area contributed by atoms with Gasteiger partial charge in [0.15, 0.2) is 0 Å². The van der Waals surface area contributed by atoms with E-state index in [1.165, 1.54) is 24.5 Å². The molecule has 0 atom stereocenters. The molecular weight excluding hydrogens is 463 g/mol. The number of aromatic nitrogens is 1. The van der Waals surface area contributed by atoms with Gasteiger partial charge in [0.2, 0.25) is 0 Å². The topological polar surface area (TPSA) is 43.3 Å². The van der Waals surface area contributed by atoms with Crippen molar-refractivity contribution in [1.82, 2.24) is 9.88 Å². The van der Waals surface area contributed by atoms with E-state index >= 15 is 0 Å². The predicted molar refractivity (Wildman–Crippen MR) is 147 cm³/mol. The molecule has 0 unspecified atom stereocenters. The van der Waals surface area contributed by atoms with Gasteiger partial charge in [-0.25, -0.2) is 4.39 Å². The van der Waals surface area contributed by atoms with E-state index in [2.05, 4.69) is 41.9 Å². The number of nitrogens with one attached hydrogen (secondary N) is 1. The summed E-state index contributed by atoms with van der Waals surface area (Å²) in [6.45, 7) is 7.01. The van der Waals surface area contributed by atoms with Gasteiger partial charge >= 0.3 is 0 Å². The number of ether oxygens (including phenoxy) is 1. The van der Waals surface area contributed by atoms with E-state index in [0.717, 1.165) is 40.8 Å². The second-order valence-electron chi connectivity index (χ2n) is 10.5. The number of hydrogen-bond acceptors (Lipinski definition) is 2. The highest BCUT2D eigenvalue weighted by Crippen LogP contribution is 2.35. The fourth-order valence-electron chi connectivity index (χ4n) is 5.48. The quantitative estimate of drug-likeness (QED) is 0.273. The summed E-state index contributed by atoms with van der Waals surface area (Å²) in [5.41, 5.74) is 5.34. The number of carbonyl (C=O) groups excluding carboxylic acids is 1. The predicted octanol–water partition coefficient (Wildman–Crippen LogP) is 7.51. The number of benzene rings is 3. The van der Waals surface area contributed by atoms with Crippen molar-refractivity contribution in [3.63, 3.8) is 0 Å². The van der Waals surface area contributed by atoms with Gasteiger partial charge in [0.05, 0.1) is 17.2 Å². The van der Waals surface area contributed by atoms with Crippen LogP contribution in [0.3, 0.4) is 0 Å². The number of halogens is 1. The number of aryl methyl sites for hydroxylation is 1. The Morgan fingerprint density at radius 3 is 2.49 bits per heavy atom. The minimum absolute atomic E-state index is 0.119. The number of amides is 1. The highest BCUT2D eigenvalue weighted by atomic mass is 19.1. The molecule has 4 nitrogen and oxygen atoms in total. The molecule has 1 amide bonds. The van der Waals surface area contributed by atoms with Crippen LogP contribution in [0.4, 0.5) is 4.39 Å². The molecule has 1 heterocycles. The van der Waals surface area contributed by atoms with Crippen molar-refractivity contribution < 1.29 is 13.9 Å². The van der Waals surface area contributed by atoms with Crippen LogP contribution in [0.15, 0.2) is 66.7 Å². The summed E-state index contributed by atoms with van der Waals surface area (Å²) < 4.78 is 22.3. The average Bonchev–Trinajstić information content (AvgIpc) is 3.51. The summed E-state index contributed by atoms with van der Waals surface area (Å²) in [5.74, 6) is 0.628. The van der Waals surface area contributed by atoms with E-state index < -0.39 is 0 Å². The second kappa shape index (κ2) is 10.8. The summed E-state index contributed by atoms with van der Waals surface area (Å²) in [6, 6.07) is 21.4. The number of nitrogens with zero attached hydrogens (tertiary/aromatic N) is 1. The maximum absolute atomic E-state index is 13.7. The minimum atomic E-state index is -0.239. The zero-order valence-electron chi connectivity index (χ0n) is 21.9. The first-order valence-electron chi connectivity index (χ1n) is 13.3. The van der Waals surface area contributed by atoms with Gasteiger partial charge in [-0.15, -0.1) is 0 Å². The van der Waals surface area contributed by atoms with Crippen molar-refractivity contribution in [2.45, 2.75) is 71.6 Å². The summed E-state index contributed by atoms with van der Waals surface area (Å²) in [6.07, 6.45) is 4.88. The van der Waals surface area contributed by atoms with Gasteiger partial charge in [-0.3, -0.25) is 4.79 Å². The monoisotopic (exact) mass is 498 g/mol. The number of carbonyl (C=O) groups is 1. The van der Waals surface area contributed by atoms with Crippen LogP contribution in [0.5, 0.6) is 5.75 Å². The Balaban J connectivity index is 1.55. The molecule has 37 heavy (non-hydrogen) atoms. The summed E-state index contributed by atoms with van der Waals surface area (Å²) in [5, 5.41) is 4.02. The Hall–Kier alpha value is -3.60. The second-order valence-corrected chi connectivity index (χ2v) is 10.5. The molecular formula is C32H35FN2O2. The van der Waals surface area contributed by atoms with E-state index in [1.54, 1.807) is 19.1 Å². The van der Waals surface area contributed by atoms with Crippen molar-refractivity contribution in [2.24, 2.45) is 0 Å². The lowest BCUT2D eigenvalue weighted by Gasteiger charge is -2.16. The Labute approximate surface area is 218 Å². The zero-order chi connectivity index (χ0) is 25.9. The molecule has 1 saturated carbocycles. The van der Waals surface area contributed by atoms with Crippen molar-refractivity contribution in [3.05, 3.63) is 100 Å².